The van der Waals surface area contributed by atoms with Gasteiger partial charge in [-0.15, -0.1) is 0 Å². The Morgan fingerprint density at radius 1 is 1.14 bits per heavy atom. The van der Waals surface area contributed by atoms with E-state index >= 15 is 0 Å². The van der Waals surface area contributed by atoms with E-state index in [1.807, 2.05) is 30.3 Å². The topological polar surface area (TPSA) is 73.9 Å². The third-order valence-corrected chi connectivity index (χ3v) is 2.63. The van der Waals surface area contributed by atoms with Crippen molar-refractivity contribution in [1.29, 1.82) is 0 Å². The Hall–Kier alpha value is -2.08. The number of benzene rings is 1. The van der Waals surface area contributed by atoms with Gasteiger partial charge in [-0.25, -0.2) is 4.79 Å². The van der Waals surface area contributed by atoms with Crippen molar-refractivity contribution in [2.45, 2.75) is 32.4 Å². The first kappa shape index (κ1) is 17.0. The molecule has 1 aromatic carbocycles. The maximum atomic E-state index is 11.9. The Morgan fingerprint density at radius 2 is 1.81 bits per heavy atom. The van der Waals surface area contributed by atoms with Crippen LogP contribution in [-0.4, -0.2) is 38.1 Å². The molecule has 1 aromatic rings. The van der Waals surface area contributed by atoms with Crippen LogP contribution < -0.4 is 5.32 Å². The van der Waals surface area contributed by atoms with E-state index in [2.05, 4.69) is 10.1 Å². The summed E-state index contributed by atoms with van der Waals surface area (Å²) in [7, 11) is 1.67. The van der Waals surface area contributed by atoms with Crippen molar-refractivity contribution in [3.63, 3.8) is 0 Å². The van der Waals surface area contributed by atoms with Crippen molar-refractivity contribution in [2.75, 3.05) is 13.8 Å². The van der Waals surface area contributed by atoms with E-state index in [-0.39, 0.29) is 6.10 Å². The predicted octanol–water partition coefficient (Wildman–Crippen LogP) is 1.88. The molecule has 0 saturated heterocycles. The van der Waals surface area contributed by atoms with Crippen molar-refractivity contribution in [3.05, 3.63) is 35.9 Å². The lowest BCUT2D eigenvalue weighted by atomic mass is 10.1. The van der Waals surface area contributed by atoms with E-state index < -0.39 is 25.0 Å². The highest BCUT2D eigenvalue weighted by atomic mass is 16.8. The van der Waals surface area contributed by atoms with Crippen molar-refractivity contribution >= 4 is 12.1 Å². The van der Waals surface area contributed by atoms with Gasteiger partial charge in [0.1, 0.15) is 6.04 Å². The minimum absolute atomic E-state index is 0.281. The fourth-order valence-electron chi connectivity index (χ4n) is 1.62. The predicted molar refractivity (Wildman–Crippen MR) is 76.7 cm³/mol. The summed E-state index contributed by atoms with van der Waals surface area (Å²) in [5, 5.41) is 2.87. The van der Waals surface area contributed by atoms with Crippen LogP contribution in [0.4, 0.5) is 4.79 Å². The van der Waals surface area contributed by atoms with Gasteiger partial charge >= 0.3 is 12.1 Å². The van der Waals surface area contributed by atoms with Crippen LogP contribution in [0, 0.1) is 0 Å². The molecule has 0 amide bonds. The van der Waals surface area contributed by atoms with Gasteiger partial charge in [-0.1, -0.05) is 30.3 Å². The molecule has 0 fully saturated rings. The number of carbonyl (C=O) groups is 2. The number of rotatable bonds is 7. The summed E-state index contributed by atoms with van der Waals surface area (Å²) >= 11 is 0. The zero-order valence-electron chi connectivity index (χ0n) is 12.5. The normalized spacial score (nSPS) is 11.8. The van der Waals surface area contributed by atoms with E-state index in [0.29, 0.717) is 6.42 Å². The summed E-state index contributed by atoms with van der Waals surface area (Å²) < 4.78 is 14.3. The fourth-order valence-corrected chi connectivity index (χ4v) is 1.62. The van der Waals surface area contributed by atoms with Gasteiger partial charge in [0.05, 0.1) is 6.10 Å². The van der Waals surface area contributed by atoms with E-state index in [0.717, 1.165) is 5.56 Å². The number of ether oxygens (including phenoxy) is 3. The molecule has 0 bridgehead atoms. The van der Waals surface area contributed by atoms with Gasteiger partial charge in [-0.3, -0.25) is 4.79 Å². The molecule has 1 N–H and O–H groups in total. The second-order valence-corrected chi connectivity index (χ2v) is 4.67. The number of hydrogen-bond donors (Lipinski definition) is 1. The summed E-state index contributed by atoms with van der Waals surface area (Å²) in [6.45, 7) is 2.94. The quantitative estimate of drug-likeness (QED) is 0.611. The minimum atomic E-state index is -0.859. The minimum Gasteiger partial charge on any atom is -0.431 e. The van der Waals surface area contributed by atoms with Crippen LogP contribution in [-0.2, 0) is 25.4 Å². The molecular weight excluding hydrogens is 274 g/mol. The molecule has 0 aliphatic rings. The van der Waals surface area contributed by atoms with Crippen molar-refractivity contribution in [3.8, 4) is 0 Å². The van der Waals surface area contributed by atoms with E-state index in [9.17, 15) is 9.59 Å². The molecule has 21 heavy (non-hydrogen) atoms. The Labute approximate surface area is 124 Å². The first-order chi connectivity index (χ1) is 10.0. The van der Waals surface area contributed by atoms with Crippen molar-refractivity contribution < 1.29 is 23.8 Å². The first-order valence-corrected chi connectivity index (χ1v) is 6.74. The average Bonchev–Trinajstić information content (AvgIpc) is 2.44. The maximum Gasteiger partial charge on any atom is 0.511 e. The van der Waals surface area contributed by atoms with E-state index in [1.165, 1.54) is 0 Å². The van der Waals surface area contributed by atoms with Crippen molar-refractivity contribution in [2.24, 2.45) is 0 Å². The zero-order valence-corrected chi connectivity index (χ0v) is 12.5. The van der Waals surface area contributed by atoms with E-state index in [4.69, 9.17) is 9.47 Å². The van der Waals surface area contributed by atoms with Crippen LogP contribution in [0.15, 0.2) is 30.3 Å². The molecule has 6 nitrogen and oxygen atoms in total. The Morgan fingerprint density at radius 3 is 2.38 bits per heavy atom. The van der Waals surface area contributed by atoms with Gasteiger partial charge in [0.15, 0.2) is 0 Å². The molecule has 0 spiro atoms. The zero-order chi connectivity index (χ0) is 15.7. The van der Waals surface area contributed by atoms with Crippen molar-refractivity contribution in [1.82, 2.24) is 5.32 Å². The molecule has 0 aliphatic heterocycles. The lowest BCUT2D eigenvalue weighted by Gasteiger charge is -2.15. The van der Waals surface area contributed by atoms with Crippen LogP contribution in [0.25, 0.3) is 0 Å². The maximum absolute atomic E-state index is 11.9. The molecular formula is C15H21NO5. The molecule has 0 radical (unpaired) electrons. The molecule has 0 aromatic heterocycles. The van der Waals surface area contributed by atoms with Crippen LogP contribution in [0.1, 0.15) is 19.4 Å². The SMILES string of the molecule is CN[C@@H](Cc1ccccc1)C(=O)OCOC(=O)OC(C)C. The third-order valence-electron chi connectivity index (χ3n) is 2.63. The summed E-state index contributed by atoms with van der Waals surface area (Å²) in [4.78, 5) is 23.0. The highest BCUT2D eigenvalue weighted by Gasteiger charge is 2.19. The molecule has 0 aliphatic carbocycles. The summed E-state index contributed by atoms with van der Waals surface area (Å²) in [5.41, 5.74) is 1.01. The first-order valence-electron chi connectivity index (χ1n) is 6.74. The molecule has 1 atom stereocenters. The Bertz CT molecular complexity index is 447. The monoisotopic (exact) mass is 295 g/mol. The molecule has 6 heteroatoms. The summed E-state index contributed by atoms with van der Waals surface area (Å²) in [5.74, 6) is -0.487. The third kappa shape index (κ3) is 6.76. The lowest BCUT2D eigenvalue weighted by molar-refractivity contribution is -0.156. The molecule has 0 unspecified atom stereocenters. The van der Waals surface area contributed by atoms with Crippen LogP contribution in [0.5, 0.6) is 0 Å². The van der Waals surface area contributed by atoms with Gasteiger partial charge in [0.2, 0.25) is 6.79 Å². The van der Waals surface area contributed by atoms with Gasteiger partial charge in [0.25, 0.3) is 0 Å². The lowest BCUT2D eigenvalue weighted by Crippen LogP contribution is -2.38. The summed E-state index contributed by atoms with van der Waals surface area (Å²) in [6.07, 6.45) is -0.648. The largest absolute Gasteiger partial charge is 0.511 e. The Kier molecular flexibility index (Phi) is 7.25. The van der Waals surface area contributed by atoms with Gasteiger partial charge in [-0.2, -0.15) is 0 Å². The fraction of sp³-hybridized carbons (Fsp3) is 0.467. The van der Waals surface area contributed by atoms with Gasteiger partial charge in [-0.05, 0) is 32.9 Å². The molecule has 0 saturated carbocycles. The smallest absolute Gasteiger partial charge is 0.431 e. The molecule has 0 heterocycles. The average molecular weight is 295 g/mol. The van der Waals surface area contributed by atoms with Crippen LogP contribution in [0.3, 0.4) is 0 Å². The molecule has 1 rings (SSSR count). The Balaban J connectivity index is 2.36. The van der Waals surface area contributed by atoms with Gasteiger partial charge < -0.3 is 19.5 Å². The highest BCUT2D eigenvalue weighted by Crippen LogP contribution is 2.04. The number of nitrogens with one attached hydrogen (secondary N) is 1. The molecule has 116 valence electrons. The van der Waals surface area contributed by atoms with Gasteiger partial charge in [0, 0.05) is 0 Å². The van der Waals surface area contributed by atoms with E-state index in [1.54, 1.807) is 20.9 Å². The van der Waals surface area contributed by atoms with Crippen LogP contribution >= 0.6 is 0 Å². The second-order valence-electron chi connectivity index (χ2n) is 4.67. The number of likely N-dealkylation sites (N-methyl/N-ethyl adjacent to an activating group) is 1. The number of esters is 1. The summed E-state index contributed by atoms with van der Waals surface area (Å²) in [6, 6.07) is 9.06. The number of hydrogen-bond acceptors (Lipinski definition) is 6. The van der Waals surface area contributed by atoms with Crippen LogP contribution in [0.2, 0.25) is 0 Å². The number of carbonyl (C=O) groups excluding carboxylic acids is 2. The highest BCUT2D eigenvalue weighted by molar-refractivity contribution is 5.76. The second kappa shape index (κ2) is 8.97. The standard InChI is InChI=1S/C15H21NO5/c1-11(2)21-15(18)20-10-19-14(17)13(16-3)9-12-7-5-4-6-8-12/h4-8,11,13,16H,9-10H2,1-3H3/t13-/m0/s1.